The normalized spacial score (nSPS) is 16.6. The van der Waals surface area contributed by atoms with E-state index in [-0.39, 0.29) is 17.2 Å². The number of hydrogen-bond donors (Lipinski definition) is 1. The Morgan fingerprint density at radius 3 is 2.71 bits per heavy atom. The van der Waals surface area contributed by atoms with Crippen molar-refractivity contribution in [1.82, 2.24) is 5.32 Å². The smallest absolute Gasteiger partial charge is 0.234 e. The molecule has 2 nitrogen and oxygen atoms in total. The molecular formula is C14H18ClNO. The third-order valence-electron chi connectivity index (χ3n) is 3.77. The van der Waals surface area contributed by atoms with Crippen LogP contribution in [0.5, 0.6) is 0 Å². The first-order chi connectivity index (χ1) is 8.09. The first-order valence-corrected chi connectivity index (χ1v) is 6.52. The van der Waals surface area contributed by atoms with Crippen molar-refractivity contribution >= 4 is 17.5 Å². The summed E-state index contributed by atoms with van der Waals surface area (Å²) in [5.74, 6) is -0.0358. The number of benzene rings is 1. The SMILES string of the molecule is Cc1cccc(C2(CNC(=O)CCl)CC2)c1C. The van der Waals surface area contributed by atoms with Crippen LogP contribution in [0.2, 0.25) is 0 Å². The molecule has 0 unspecified atom stereocenters. The lowest BCUT2D eigenvalue weighted by Crippen LogP contribution is -2.33. The first kappa shape index (κ1) is 12.4. The van der Waals surface area contributed by atoms with Gasteiger partial charge in [-0.05, 0) is 43.4 Å². The minimum atomic E-state index is -0.0803. The van der Waals surface area contributed by atoms with E-state index in [1.165, 1.54) is 16.7 Å². The Labute approximate surface area is 107 Å². The van der Waals surface area contributed by atoms with Gasteiger partial charge < -0.3 is 5.32 Å². The largest absolute Gasteiger partial charge is 0.354 e. The Balaban J connectivity index is 2.15. The number of carbonyl (C=O) groups excluding carboxylic acids is 1. The fourth-order valence-electron chi connectivity index (χ4n) is 2.33. The number of rotatable bonds is 4. The number of aryl methyl sites for hydroxylation is 1. The highest BCUT2D eigenvalue weighted by molar-refractivity contribution is 6.27. The molecule has 0 atom stereocenters. The van der Waals surface area contributed by atoms with Crippen molar-refractivity contribution in [3.63, 3.8) is 0 Å². The van der Waals surface area contributed by atoms with Crippen molar-refractivity contribution in [1.29, 1.82) is 0 Å². The molecule has 1 N–H and O–H groups in total. The Kier molecular flexibility index (Phi) is 3.43. The van der Waals surface area contributed by atoms with Crippen LogP contribution < -0.4 is 5.32 Å². The zero-order valence-corrected chi connectivity index (χ0v) is 11.1. The molecule has 0 heterocycles. The quantitative estimate of drug-likeness (QED) is 0.819. The van der Waals surface area contributed by atoms with Gasteiger partial charge in [-0.2, -0.15) is 0 Å². The van der Waals surface area contributed by atoms with Crippen LogP contribution in [0.4, 0.5) is 0 Å². The molecule has 1 aromatic rings. The zero-order chi connectivity index (χ0) is 12.5. The van der Waals surface area contributed by atoms with Gasteiger partial charge in [0.05, 0.1) is 0 Å². The summed E-state index contributed by atoms with van der Waals surface area (Å²) in [6.07, 6.45) is 2.31. The van der Waals surface area contributed by atoms with Crippen LogP contribution in [-0.2, 0) is 10.2 Å². The molecule has 1 amide bonds. The molecule has 1 aliphatic rings. The highest BCUT2D eigenvalue weighted by Crippen LogP contribution is 2.49. The highest BCUT2D eigenvalue weighted by Gasteiger charge is 2.45. The maximum atomic E-state index is 11.2. The lowest BCUT2D eigenvalue weighted by Gasteiger charge is -2.19. The van der Waals surface area contributed by atoms with E-state index in [9.17, 15) is 4.79 Å². The van der Waals surface area contributed by atoms with E-state index >= 15 is 0 Å². The van der Waals surface area contributed by atoms with Crippen molar-refractivity contribution in [2.75, 3.05) is 12.4 Å². The zero-order valence-electron chi connectivity index (χ0n) is 10.3. The summed E-state index contributed by atoms with van der Waals surface area (Å²) in [4.78, 5) is 11.2. The Morgan fingerprint density at radius 1 is 1.41 bits per heavy atom. The van der Waals surface area contributed by atoms with Crippen molar-refractivity contribution in [2.24, 2.45) is 0 Å². The van der Waals surface area contributed by atoms with Crippen LogP contribution in [0.15, 0.2) is 18.2 Å². The van der Waals surface area contributed by atoms with Gasteiger partial charge >= 0.3 is 0 Å². The maximum absolute atomic E-state index is 11.2. The monoisotopic (exact) mass is 251 g/mol. The molecule has 0 radical (unpaired) electrons. The first-order valence-electron chi connectivity index (χ1n) is 5.98. The molecule has 0 spiro atoms. The van der Waals surface area contributed by atoms with Gasteiger partial charge in [-0.1, -0.05) is 18.2 Å². The summed E-state index contributed by atoms with van der Waals surface area (Å²) in [5.41, 5.74) is 4.22. The molecule has 0 aliphatic heterocycles. The topological polar surface area (TPSA) is 29.1 Å². The van der Waals surface area contributed by atoms with Crippen LogP contribution in [0.25, 0.3) is 0 Å². The van der Waals surface area contributed by atoms with Gasteiger partial charge in [0.2, 0.25) is 5.91 Å². The van der Waals surface area contributed by atoms with Crippen LogP contribution in [0.3, 0.4) is 0 Å². The predicted octanol–water partition coefficient (Wildman–Crippen LogP) is 2.69. The van der Waals surface area contributed by atoms with Gasteiger partial charge in [0, 0.05) is 12.0 Å². The van der Waals surface area contributed by atoms with E-state index in [2.05, 4.69) is 37.4 Å². The number of hydrogen-bond acceptors (Lipinski definition) is 1. The van der Waals surface area contributed by atoms with Crippen molar-refractivity contribution in [2.45, 2.75) is 32.1 Å². The summed E-state index contributed by atoms with van der Waals surface area (Å²) in [5, 5.41) is 2.91. The Bertz CT molecular complexity index is 438. The molecule has 2 rings (SSSR count). The third kappa shape index (κ3) is 2.47. The molecule has 1 fully saturated rings. The second-order valence-electron chi connectivity index (χ2n) is 4.94. The minimum absolute atomic E-state index is 0.0445. The lowest BCUT2D eigenvalue weighted by molar-refractivity contribution is -0.118. The van der Waals surface area contributed by atoms with Crippen molar-refractivity contribution in [3.05, 3.63) is 34.9 Å². The van der Waals surface area contributed by atoms with Crippen molar-refractivity contribution < 1.29 is 4.79 Å². The average Bonchev–Trinajstić information content (AvgIpc) is 3.10. The molecular weight excluding hydrogens is 234 g/mol. The Morgan fingerprint density at radius 2 is 2.12 bits per heavy atom. The van der Waals surface area contributed by atoms with Crippen LogP contribution in [0, 0.1) is 13.8 Å². The van der Waals surface area contributed by atoms with Gasteiger partial charge in [-0.3, -0.25) is 4.79 Å². The minimum Gasteiger partial charge on any atom is -0.354 e. The van der Waals surface area contributed by atoms with Crippen LogP contribution >= 0.6 is 11.6 Å². The van der Waals surface area contributed by atoms with Crippen LogP contribution in [-0.4, -0.2) is 18.3 Å². The second-order valence-corrected chi connectivity index (χ2v) is 5.21. The van der Waals surface area contributed by atoms with Gasteiger partial charge in [0.1, 0.15) is 5.88 Å². The summed E-state index contributed by atoms with van der Waals surface area (Å²) in [6.45, 7) is 5.00. The predicted molar refractivity (Wildman–Crippen MR) is 70.6 cm³/mol. The van der Waals surface area contributed by atoms with E-state index in [4.69, 9.17) is 11.6 Å². The fraction of sp³-hybridized carbons (Fsp3) is 0.500. The number of nitrogens with one attached hydrogen (secondary N) is 1. The van der Waals surface area contributed by atoms with Gasteiger partial charge in [-0.15, -0.1) is 11.6 Å². The van der Waals surface area contributed by atoms with Gasteiger partial charge in [0.25, 0.3) is 0 Å². The fourth-order valence-corrected chi connectivity index (χ4v) is 2.43. The van der Waals surface area contributed by atoms with E-state index < -0.39 is 0 Å². The summed E-state index contributed by atoms with van der Waals surface area (Å²) < 4.78 is 0. The average molecular weight is 252 g/mol. The summed E-state index contributed by atoms with van der Waals surface area (Å²) >= 11 is 5.49. The van der Waals surface area contributed by atoms with Crippen LogP contribution in [0.1, 0.15) is 29.5 Å². The lowest BCUT2D eigenvalue weighted by atomic mass is 9.89. The molecule has 17 heavy (non-hydrogen) atoms. The highest BCUT2D eigenvalue weighted by atomic mass is 35.5. The number of halogens is 1. The van der Waals surface area contributed by atoms with E-state index in [1.807, 2.05) is 0 Å². The van der Waals surface area contributed by atoms with E-state index in [0.717, 1.165) is 12.8 Å². The van der Waals surface area contributed by atoms with E-state index in [1.54, 1.807) is 0 Å². The van der Waals surface area contributed by atoms with Gasteiger partial charge in [-0.25, -0.2) is 0 Å². The molecule has 0 bridgehead atoms. The molecule has 92 valence electrons. The van der Waals surface area contributed by atoms with E-state index in [0.29, 0.717) is 6.54 Å². The Hall–Kier alpha value is -1.02. The number of alkyl halides is 1. The maximum Gasteiger partial charge on any atom is 0.234 e. The molecule has 1 aliphatic carbocycles. The standard InChI is InChI=1S/C14H18ClNO/c1-10-4-3-5-12(11(10)2)14(6-7-14)9-16-13(17)8-15/h3-5H,6-9H2,1-2H3,(H,16,17). The summed E-state index contributed by atoms with van der Waals surface area (Å²) in [6, 6.07) is 6.41. The molecule has 3 heteroatoms. The summed E-state index contributed by atoms with van der Waals surface area (Å²) in [7, 11) is 0. The number of amides is 1. The molecule has 0 saturated heterocycles. The number of carbonyl (C=O) groups is 1. The third-order valence-corrected chi connectivity index (χ3v) is 4.02. The molecule has 1 saturated carbocycles. The van der Waals surface area contributed by atoms with Crippen molar-refractivity contribution in [3.8, 4) is 0 Å². The second kappa shape index (κ2) is 4.69. The molecule has 0 aromatic heterocycles. The van der Waals surface area contributed by atoms with Gasteiger partial charge in [0.15, 0.2) is 0 Å². The molecule has 1 aromatic carbocycles.